The molecule has 0 atom stereocenters. The van der Waals surface area contributed by atoms with Gasteiger partial charge < -0.3 is 14.8 Å². The lowest BCUT2D eigenvalue weighted by molar-refractivity contribution is -0.119. The van der Waals surface area contributed by atoms with Crippen molar-refractivity contribution in [2.24, 2.45) is 5.10 Å². The fourth-order valence-corrected chi connectivity index (χ4v) is 2.87. The minimum atomic E-state index is -0.563. The smallest absolute Gasteiger partial charge is 0.270 e. The first kappa shape index (κ1) is 23.0. The number of ether oxygens (including phenoxy) is 2. The van der Waals surface area contributed by atoms with E-state index in [2.05, 4.69) is 25.8 Å². The van der Waals surface area contributed by atoms with E-state index in [0.29, 0.717) is 35.8 Å². The molecule has 168 valence electrons. The molecule has 2 aromatic carbocycles. The Labute approximate surface area is 189 Å². The largest absolute Gasteiger partial charge is 0.493 e. The van der Waals surface area contributed by atoms with Gasteiger partial charge in [0.2, 0.25) is 11.9 Å². The third-order valence-corrected chi connectivity index (χ3v) is 4.38. The summed E-state index contributed by atoms with van der Waals surface area (Å²) in [6.07, 6.45) is 1.52. The quantitative estimate of drug-likeness (QED) is 0.260. The molecule has 0 saturated carbocycles. The summed E-state index contributed by atoms with van der Waals surface area (Å²) in [5.74, 6) is 0.995. The van der Waals surface area contributed by atoms with Crippen molar-refractivity contribution in [2.75, 3.05) is 25.7 Å². The number of nitrogens with zero attached hydrogens (tertiary/aromatic N) is 3. The van der Waals surface area contributed by atoms with Gasteiger partial charge in [0, 0.05) is 12.5 Å². The number of anilines is 1. The van der Waals surface area contributed by atoms with E-state index in [1.54, 1.807) is 42.5 Å². The van der Waals surface area contributed by atoms with Crippen LogP contribution in [0.25, 0.3) is 11.3 Å². The highest BCUT2D eigenvalue weighted by Gasteiger charge is 2.13. The average molecular weight is 446 g/mol. The fraction of sp³-hybridized carbons (Fsp3) is 0.174. The van der Waals surface area contributed by atoms with E-state index in [-0.39, 0.29) is 23.1 Å². The highest BCUT2D eigenvalue weighted by atomic mass is 16.5. The first-order chi connectivity index (χ1) is 16.0. The predicted molar refractivity (Wildman–Crippen MR) is 123 cm³/mol. The van der Waals surface area contributed by atoms with Crippen LogP contribution in [0.3, 0.4) is 0 Å². The molecule has 0 aliphatic heterocycles. The zero-order chi connectivity index (χ0) is 23.6. The second-order valence-electron chi connectivity index (χ2n) is 6.73. The minimum Gasteiger partial charge on any atom is -0.493 e. The molecule has 10 heteroatoms. The molecule has 0 aliphatic rings. The van der Waals surface area contributed by atoms with Gasteiger partial charge in [-0.25, -0.2) is 10.4 Å². The molecule has 0 fully saturated rings. The maximum Gasteiger partial charge on any atom is 0.270 e. The van der Waals surface area contributed by atoms with Crippen molar-refractivity contribution < 1.29 is 14.3 Å². The van der Waals surface area contributed by atoms with Crippen LogP contribution in [-0.2, 0) is 4.79 Å². The zero-order valence-electron chi connectivity index (χ0n) is 18.1. The molecule has 1 heterocycles. The van der Waals surface area contributed by atoms with Crippen LogP contribution < -0.4 is 25.8 Å². The number of aromatic amines is 1. The zero-order valence-corrected chi connectivity index (χ0v) is 18.1. The summed E-state index contributed by atoms with van der Waals surface area (Å²) in [6.45, 7) is 2.12. The lowest BCUT2D eigenvalue weighted by Gasteiger charge is -2.11. The van der Waals surface area contributed by atoms with Gasteiger partial charge in [-0.1, -0.05) is 30.3 Å². The number of hydrogen-bond acceptors (Lipinski definition) is 8. The molecule has 1 amide bonds. The van der Waals surface area contributed by atoms with Crippen LogP contribution in [0.15, 0.2) is 58.4 Å². The number of benzene rings is 2. The van der Waals surface area contributed by atoms with Crippen molar-refractivity contribution >= 4 is 18.1 Å². The SMILES string of the molecule is COc1cc(C=NNc2nc(-c3ccccc3)c(C#N)c(=O)[nH]2)ccc1OCCNC(C)=O. The molecule has 0 aliphatic carbocycles. The van der Waals surface area contributed by atoms with Crippen LogP contribution in [0.2, 0.25) is 0 Å². The Bertz CT molecular complexity index is 1250. The number of aromatic nitrogens is 2. The van der Waals surface area contributed by atoms with Crippen molar-refractivity contribution in [1.29, 1.82) is 5.26 Å². The van der Waals surface area contributed by atoms with Crippen molar-refractivity contribution in [3.05, 3.63) is 70.0 Å². The average Bonchev–Trinajstić information content (AvgIpc) is 2.82. The molecule has 3 N–H and O–H groups in total. The molecule has 1 aromatic heterocycles. The van der Waals surface area contributed by atoms with Crippen molar-refractivity contribution in [2.45, 2.75) is 6.92 Å². The molecule has 3 aromatic rings. The third kappa shape index (κ3) is 6.18. The second-order valence-corrected chi connectivity index (χ2v) is 6.73. The van der Waals surface area contributed by atoms with Gasteiger partial charge in [0.25, 0.3) is 5.56 Å². The lowest BCUT2D eigenvalue weighted by Crippen LogP contribution is -2.25. The molecular weight excluding hydrogens is 424 g/mol. The number of rotatable bonds is 9. The van der Waals surface area contributed by atoms with E-state index < -0.39 is 5.56 Å². The molecule has 0 saturated heterocycles. The molecule has 3 rings (SSSR count). The van der Waals surface area contributed by atoms with Gasteiger partial charge >= 0.3 is 0 Å². The Morgan fingerprint density at radius 1 is 1.24 bits per heavy atom. The van der Waals surface area contributed by atoms with Gasteiger partial charge in [-0.3, -0.25) is 14.6 Å². The van der Waals surface area contributed by atoms with Crippen LogP contribution in [0.1, 0.15) is 18.1 Å². The highest BCUT2D eigenvalue weighted by molar-refractivity contribution is 5.81. The number of H-pyrrole nitrogens is 1. The van der Waals surface area contributed by atoms with Crippen LogP contribution in [0, 0.1) is 11.3 Å². The topological polar surface area (TPSA) is 141 Å². The van der Waals surface area contributed by atoms with Crippen LogP contribution in [0.5, 0.6) is 11.5 Å². The van der Waals surface area contributed by atoms with E-state index in [1.165, 1.54) is 20.2 Å². The maximum absolute atomic E-state index is 12.3. The Morgan fingerprint density at radius 3 is 2.73 bits per heavy atom. The van der Waals surface area contributed by atoms with E-state index in [4.69, 9.17) is 9.47 Å². The number of nitrogens with one attached hydrogen (secondary N) is 3. The summed E-state index contributed by atoms with van der Waals surface area (Å²) in [4.78, 5) is 30.1. The summed E-state index contributed by atoms with van der Waals surface area (Å²) in [7, 11) is 1.52. The molecule has 0 unspecified atom stereocenters. The summed E-state index contributed by atoms with van der Waals surface area (Å²) >= 11 is 0. The fourth-order valence-electron chi connectivity index (χ4n) is 2.87. The summed E-state index contributed by atoms with van der Waals surface area (Å²) < 4.78 is 11.0. The second kappa shape index (κ2) is 11.1. The van der Waals surface area contributed by atoms with Gasteiger partial charge in [0.05, 0.1) is 25.6 Å². The summed E-state index contributed by atoms with van der Waals surface area (Å²) in [5, 5.41) is 16.1. The summed E-state index contributed by atoms with van der Waals surface area (Å²) in [6, 6.07) is 16.1. The number of amides is 1. The van der Waals surface area contributed by atoms with E-state index in [9.17, 15) is 14.9 Å². The molecule has 33 heavy (non-hydrogen) atoms. The first-order valence-electron chi connectivity index (χ1n) is 9.96. The molecular formula is C23H22N6O4. The molecule has 0 bridgehead atoms. The van der Waals surface area contributed by atoms with Gasteiger partial charge in [-0.05, 0) is 23.8 Å². The Hall–Kier alpha value is -4.65. The van der Waals surface area contributed by atoms with E-state index in [0.717, 1.165) is 0 Å². The van der Waals surface area contributed by atoms with Gasteiger partial charge in [-0.2, -0.15) is 10.4 Å². The molecule has 0 radical (unpaired) electrons. The lowest BCUT2D eigenvalue weighted by atomic mass is 10.1. The molecule has 0 spiro atoms. The summed E-state index contributed by atoms with van der Waals surface area (Å²) in [5.41, 5.74) is 3.66. The third-order valence-electron chi connectivity index (χ3n) is 4.38. The van der Waals surface area contributed by atoms with Gasteiger partial charge in [0.1, 0.15) is 18.2 Å². The Kier molecular flexibility index (Phi) is 7.75. The van der Waals surface area contributed by atoms with E-state index >= 15 is 0 Å². The minimum absolute atomic E-state index is 0.0745. The first-order valence-corrected chi connectivity index (χ1v) is 9.96. The van der Waals surface area contributed by atoms with Crippen LogP contribution >= 0.6 is 0 Å². The normalized spacial score (nSPS) is 10.5. The Balaban J connectivity index is 1.73. The maximum atomic E-state index is 12.3. The van der Waals surface area contributed by atoms with E-state index in [1.807, 2.05) is 12.1 Å². The predicted octanol–water partition coefficient (Wildman–Crippen LogP) is 2.28. The number of carbonyl (C=O) groups excluding carboxylic acids is 1. The van der Waals surface area contributed by atoms with Crippen LogP contribution in [0.4, 0.5) is 5.95 Å². The van der Waals surface area contributed by atoms with Crippen molar-refractivity contribution in [3.8, 4) is 28.8 Å². The Morgan fingerprint density at radius 2 is 2.03 bits per heavy atom. The number of hydrazone groups is 1. The van der Waals surface area contributed by atoms with Gasteiger partial charge in [-0.15, -0.1) is 0 Å². The molecule has 10 nitrogen and oxygen atoms in total. The van der Waals surface area contributed by atoms with Crippen LogP contribution in [-0.4, -0.2) is 42.4 Å². The standard InChI is InChI=1S/C23H22N6O4/c1-15(30)25-10-11-33-19-9-8-16(12-20(19)32-2)14-26-29-23-27-21(17-6-4-3-5-7-17)18(13-24)22(31)28-23/h3-9,12,14H,10-11H2,1-2H3,(H,25,30)(H2,27,28,29,31). The number of methoxy groups -OCH3 is 1. The van der Waals surface area contributed by atoms with Crippen molar-refractivity contribution in [3.63, 3.8) is 0 Å². The number of nitriles is 1. The van der Waals surface area contributed by atoms with Gasteiger partial charge in [0.15, 0.2) is 11.5 Å². The van der Waals surface area contributed by atoms with Crippen molar-refractivity contribution in [1.82, 2.24) is 15.3 Å². The highest BCUT2D eigenvalue weighted by Crippen LogP contribution is 2.27. The number of carbonyl (C=O) groups is 1. The number of hydrogen-bond donors (Lipinski definition) is 3. The monoisotopic (exact) mass is 446 g/mol.